The minimum absolute atomic E-state index is 0.713. The smallest absolute Gasteiger partial charge is 0.142 e. The van der Waals surface area contributed by atoms with Gasteiger partial charge in [0.15, 0.2) is 0 Å². The Hall–Kier alpha value is -2.11. The zero-order valence-electron chi connectivity index (χ0n) is 17.2. The van der Waals surface area contributed by atoms with E-state index in [0.717, 1.165) is 64.5 Å². The SMILES string of the molecule is CCOc1ccccc1N1CCN(CCN2CCc3ncc(C)cc3C2)CC1. The molecule has 1 saturated heterocycles. The fourth-order valence-corrected chi connectivity index (χ4v) is 4.29. The van der Waals surface area contributed by atoms with Crippen LogP contribution in [0, 0.1) is 6.92 Å². The van der Waals surface area contributed by atoms with Gasteiger partial charge in [-0.05, 0) is 37.1 Å². The number of fused-ring (bicyclic) bond motifs is 1. The molecule has 2 aliphatic rings. The van der Waals surface area contributed by atoms with E-state index in [4.69, 9.17) is 4.74 Å². The molecule has 1 aromatic heterocycles. The third-order valence-corrected chi connectivity index (χ3v) is 5.87. The molecule has 5 nitrogen and oxygen atoms in total. The maximum Gasteiger partial charge on any atom is 0.142 e. The zero-order chi connectivity index (χ0) is 19.3. The fraction of sp³-hybridized carbons (Fsp3) is 0.522. The lowest BCUT2D eigenvalue weighted by Gasteiger charge is -2.38. The molecule has 0 atom stereocenters. The van der Waals surface area contributed by atoms with Gasteiger partial charge in [-0.15, -0.1) is 0 Å². The highest BCUT2D eigenvalue weighted by molar-refractivity contribution is 5.58. The number of hydrogen-bond acceptors (Lipinski definition) is 5. The van der Waals surface area contributed by atoms with Gasteiger partial charge in [0, 0.05) is 70.7 Å². The maximum absolute atomic E-state index is 5.81. The number of pyridine rings is 1. The van der Waals surface area contributed by atoms with E-state index in [9.17, 15) is 0 Å². The molecule has 0 aliphatic carbocycles. The molecule has 0 unspecified atom stereocenters. The lowest BCUT2D eigenvalue weighted by Crippen LogP contribution is -2.49. The quantitative estimate of drug-likeness (QED) is 0.769. The van der Waals surface area contributed by atoms with Crippen molar-refractivity contribution in [1.82, 2.24) is 14.8 Å². The van der Waals surface area contributed by atoms with E-state index in [1.54, 1.807) is 0 Å². The highest BCUT2D eigenvalue weighted by Gasteiger charge is 2.21. The number of piperazine rings is 1. The third-order valence-electron chi connectivity index (χ3n) is 5.87. The molecule has 0 amide bonds. The lowest BCUT2D eigenvalue weighted by molar-refractivity contribution is 0.185. The average molecular weight is 381 g/mol. The minimum atomic E-state index is 0.713. The molecule has 1 aromatic carbocycles. The number of aromatic nitrogens is 1. The number of ether oxygens (including phenoxy) is 1. The van der Waals surface area contributed by atoms with Gasteiger partial charge >= 0.3 is 0 Å². The largest absolute Gasteiger partial charge is 0.492 e. The molecule has 28 heavy (non-hydrogen) atoms. The van der Waals surface area contributed by atoms with Gasteiger partial charge in [0.25, 0.3) is 0 Å². The van der Waals surface area contributed by atoms with Crippen LogP contribution in [0.25, 0.3) is 0 Å². The molecule has 0 bridgehead atoms. The van der Waals surface area contributed by atoms with Crippen LogP contribution < -0.4 is 9.64 Å². The molecule has 0 radical (unpaired) electrons. The lowest BCUT2D eigenvalue weighted by atomic mass is 10.0. The molecule has 2 aromatic rings. The van der Waals surface area contributed by atoms with Crippen molar-refractivity contribution in [3.8, 4) is 5.75 Å². The van der Waals surface area contributed by atoms with E-state index in [1.807, 2.05) is 13.1 Å². The van der Waals surface area contributed by atoms with Gasteiger partial charge in [0.2, 0.25) is 0 Å². The molecular weight excluding hydrogens is 348 g/mol. The average Bonchev–Trinajstić information content (AvgIpc) is 2.73. The van der Waals surface area contributed by atoms with E-state index in [-0.39, 0.29) is 0 Å². The Bertz CT molecular complexity index is 786. The molecular formula is C23H32N4O. The van der Waals surface area contributed by atoms with Crippen LogP contribution in [0.2, 0.25) is 0 Å². The Morgan fingerprint density at radius 3 is 2.61 bits per heavy atom. The molecule has 0 spiro atoms. The number of hydrogen-bond donors (Lipinski definition) is 0. The first-order valence-corrected chi connectivity index (χ1v) is 10.6. The summed E-state index contributed by atoms with van der Waals surface area (Å²) in [5, 5.41) is 0. The second-order valence-electron chi connectivity index (χ2n) is 7.87. The molecule has 5 heteroatoms. The van der Waals surface area contributed by atoms with Crippen molar-refractivity contribution < 1.29 is 4.74 Å². The zero-order valence-corrected chi connectivity index (χ0v) is 17.2. The molecule has 0 saturated carbocycles. The van der Waals surface area contributed by atoms with E-state index in [1.165, 1.54) is 22.5 Å². The van der Waals surface area contributed by atoms with Crippen molar-refractivity contribution in [1.29, 1.82) is 0 Å². The highest BCUT2D eigenvalue weighted by atomic mass is 16.5. The van der Waals surface area contributed by atoms with E-state index in [2.05, 4.69) is 56.9 Å². The first kappa shape index (κ1) is 19.2. The summed E-state index contributed by atoms with van der Waals surface area (Å²) in [6.07, 6.45) is 3.08. The van der Waals surface area contributed by atoms with Gasteiger partial charge in [0.05, 0.1) is 12.3 Å². The van der Waals surface area contributed by atoms with Crippen LogP contribution in [0.1, 0.15) is 23.7 Å². The summed E-state index contributed by atoms with van der Waals surface area (Å²) >= 11 is 0. The van der Waals surface area contributed by atoms with Gasteiger partial charge in [-0.2, -0.15) is 0 Å². The topological polar surface area (TPSA) is 31.8 Å². The number of anilines is 1. The predicted molar refractivity (Wildman–Crippen MR) is 114 cm³/mol. The van der Waals surface area contributed by atoms with Gasteiger partial charge in [0.1, 0.15) is 5.75 Å². The Morgan fingerprint density at radius 2 is 1.79 bits per heavy atom. The maximum atomic E-state index is 5.81. The molecule has 0 N–H and O–H groups in total. The van der Waals surface area contributed by atoms with Gasteiger partial charge in [-0.1, -0.05) is 18.2 Å². The van der Waals surface area contributed by atoms with Crippen molar-refractivity contribution in [2.24, 2.45) is 0 Å². The number of para-hydroxylation sites is 2. The highest BCUT2D eigenvalue weighted by Crippen LogP contribution is 2.28. The first-order valence-electron chi connectivity index (χ1n) is 10.6. The van der Waals surface area contributed by atoms with Crippen LogP contribution >= 0.6 is 0 Å². The van der Waals surface area contributed by atoms with Gasteiger partial charge in [-0.3, -0.25) is 14.8 Å². The van der Waals surface area contributed by atoms with Crippen molar-refractivity contribution in [3.63, 3.8) is 0 Å². The van der Waals surface area contributed by atoms with Crippen molar-refractivity contribution >= 4 is 5.69 Å². The number of benzene rings is 1. The van der Waals surface area contributed by atoms with Crippen LogP contribution in [-0.2, 0) is 13.0 Å². The Balaban J connectivity index is 1.26. The molecule has 150 valence electrons. The second kappa shape index (κ2) is 8.93. The molecule has 2 aliphatic heterocycles. The number of aryl methyl sites for hydroxylation is 1. The van der Waals surface area contributed by atoms with E-state index < -0.39 is 0 Å². The van der Waals surface area contributed by atoms with Crippen molar-refractivity contribution in [2.45, 2.75) is 26.8 Å². The number of rotatable bonds is 6. The van der Waals surface area contributed by atoms with Crippen LogP contribution in [-0.4, -0.2) is 67.2 Å². The van der Waals surface area contributed by atoms with Crippen LogP contribution in [0.3, 0.4) is 0 Å². The second-order valence-corrected chi connectivity index (χ2v) is 7.87. The standard InChI is InChI=1S/C23H32N4O/c1-3-28-23-7-5-4-6-22(23)27-14-12-25(13-15-27)10-11-26-9-8-21-20(18-26)16-19(2)17-24-21/h4-7,16-17H,3,8-15,18H2,1-2H3. The first-order chi connectivity index (χ1) is 13.7. The Labute approximate surface area is 168 Å². The summed E-state index contributed by atoms with van der Waals surface area (Å²) in [4.78, 5) is 12.3. The van der Waals surface area contributed by atoms with E-state index in [0.29, 0.717) is 6.61 Å². The summed E-state index contributed by atoms with van der Waals surface area (Å²) in [5.74, 6) is 1.01. The van der Waals surface area contributed by atoms with E-state index >= 15 is 0 Å². The monoisotopic (exact) mass is 380 g/mol. The summed E-state index contributed by atoms with van der Waals surface area (Å²) in [5.41, 5.74) is 5.22. The van der Waals surface area contributed by atoms with Crippen LogP contribution in [0.4, 0.5) is 5.69 Å². The molecule has 4 rings (SSSR count). The minimum Gasteiger partial charge on any atom is -0.492 e. The summed E-state index contributed by atoms with van der Waals surface area (Å²) in [7, 11) is 0. The van der Waals surface area contributed by atoms with Crippen LogP contribution in [0.5, 0.6) is 5.75 Å². The predicted octanol–water partition coefficient (Wildman–Crippen LogP) is 2.97. The van der Waals surface area contributed by atoms with Gasteiger partial charge in [-0.25, -0.2) is 0 Å². The van der Waals surface area contributed by atoms with Crippen LogP contribution in [0.15, 0.2) is 36.5 Å². The van der Waals surface area contributed by atoms with Gasteiger partial charge < -0.3 is 9.64 Å². The summed E-state index contributed by atoms with van der Waals surface area (Å²) in [6.45, 7) is 13.7. The normalized spacial score (nSPS) is 18.1. The summed E-state index contributed by atoms with van der Waals surface area (Å²) in [6, 6.07) is 10.7. The van der Waals surface area contributed by atoms with Crippen molar-refractivity contribution in [2.75, 3.05) is 57.3 Å². The Morgan fingerprint density at radius 1 is 1.00 bits per heavy atom. The Kier molecular flexibility index (Phi) is 6.13. The summed E-state index contributed by atoms with van der Waals surface area (Å²) < 4.78 is 5.81. The molecule has 1 fully saturated rings. The molecule has 3 heterocycles. The number of nitrogens with zero attached hydrogens (tertiary/aromatic N) is 4. The fourth-order valence-electron chi connectivity index (χ4n) is 4.29. The van der Waals surface area contributed by atoms with Crippen molar-refractivity contribution in [3.05, 3.63) is 53.3 Å². The third kappa shape index (κ3) is 4.47.